The third kappa shape index (κ3) is 10.5. The first-order valence-electron chi connectivity index (χ1n) is 7.82. The Morgan fingerprint density at radius 3 is 2.32 bits per heavy atom. The summed E-state index contributed by atoms with van der Waals surface area (Å²) in [4.78, 5) is 39.0. The molecular weight excluding hydrogens is 348 g/mol. The fourth-order valence-electron chi connectivity index (χ4n) is 1.80. The fourth-order valence-corrected chi connectivity index (χ4v) is 2.29. The van der Waals surface area contributed by atoms with E-state index in [9.17, 15) is 14.4 Å². The molecule has 25 heavy (non-hydrogen) atoms. The molecule has 144 valence electrons. The third-order valence-corrected chi connectivity index (χ3v) is 3.92. The SMILES string of the molecule is CSCC[C@H](N)C(=O)N[C@@H](CCCN=C(N)N)C(=O)N[C@@H](C)C(=O)O. The lowest BCUT2D eigenvalue weighted by molar-refractivity contribution is -0.141. The Labute approximate surface area is 151 Å². The van der Waals surface area contributed by atoms with E-state index in [1.54, 1.807) is 11.8 Å². The molecule has 9 N–H and O–H groups in total. The standard InChI is InChI=1S/C14H28N6O4S/c1-8(13(23)24)19-12(22)10(4-3-6-18-14(16)17)20-11(21)9(15)5-7-25-2/h8-10H,3-7,15H2,1-2H3,(H,19,22)(H,20,21)(H,23,24)(H4,16,17,18)/t8-,9-,10-/m0/s1. The van der Waals surface area contributed by atoms with Crippen molar-refractivity contribution in [1.29, 1.82) is 0 Å². The van der Waals surface area contributed by atoms with Gasteiger partial charge in [0, 0.05) is 6.54 Å². The van der Waals surface area contributed by atoms with Crippen molar-refractivity contribution in [3.63, 3.8) is 0 Å². The lowest BCUT2D eigenvalue weighted by atomic mass is 10.1. The molecular formula is C14H28N6O4S. The van der Waals surface area contributed by atoms with Crippen molar-refractivity contribution in [3.05, 3.63) is 0 Å². The van der Waals surface area contributed by atoms with Crippen LogP contribution in [-0.2, 0) is 14.4 Å². The highest BCUT2D eigenvalue weighted by Crippen LogP contribution is 2.03. The van der Waals surface area contributed by atoms with Crippen LogP contribution in [0.2, 0.25) is 0 Å². The van der Waals surface area contributed by atoms with Gasteiger partial charge in [-0.25, -0.2) is 0 Å². The van der Waals surface area contributed by atoms with Crippen molar-refractivity contribution in [3.8, 4) is 0 Å². The topological polar surface area (TPSA) is 186 Å². The Hall–Kier alpha value is -2.01. The maximum absolute atomic E-state index is 12.2. The summed E-state index contributed by atoms with van der Waals surface area (Å²) in [5.41, 5.74) is 16.3. The van der Waals surface area contributed by atoms with Crippen molar-refractivity contribution in [2.24, 2.45) is 22.2 Å². The molecule has 0 aliphatic carbocycles. The van der Waals surface area contributed by atoms with Crippen molar-refractivity contribution in [2.45, 2.75) is 44.3 Å². The van der Waals surface area contributed by atoms with Crippen LogP contribution in [0, 0.1) is 0 Å². The summed E-state index contributed by atoms with van der Waals surface area (Å²) in [5.74, 6) is -1.57. The number of aliphatic carboxylic acids is 1. The zero-order chi connectivity index (χ0) is 19.4. The smallest absolute Gasteiger partial charge is 0.325 e. The molecule has 0 radical (unpaired) electrons. The molecule has 0 aliphatic rings. The molecule has 3 atom stereocenters. The van der Waals surface area contributed by atoms with E-state index in [-0.39, 0.29) is 18.9 Å². The van der Waals surface area contributed by atoms with Crippen LogP contribution in [0.1, 0.15) is 26.2 Å². The van der Waals surface area contributed by atoms with Gasteiger partial charge in [-0.2, -0.15) is 11.8 Å². The van der Waals surface area contributed by atoms with Gasteiger partial charge < -0.3 is 32.9 Å². The number of carbonyl (C=O) groups excluding carboxylic acids is 2. The van der Waals surface area contributed by atoms with Gasteiger partial charge in [0.05, 0.1) is 6.04 Å². The summed E-state index contributed by atoms with van der Waals surface area (Å²) >= 11 is 1.56. The Kier molecular flexibility index (Phi) is 11.4. The second-order valence-corrected chi connectivity index (χ2v) is 6.45. The van der Waals surface area contributed by atoms with Crippen LogP contribution >= 0.6 is 11.8 Å². The predicted molar refractivity (Wildman–Crippen MR) is 98.1 cm³/mol. The van der Waals surface area contributed by atoms with E-state index in [2.05, 4.69) is 15.6 Å². The molecule has 0 aromatic carbocycles. The van der Waals surface area contributed by atoms with E-state index in [0.717, 1.165) is 0 Å². The lowest BCUT2D eigenvalue weighted by Gasteiger charge is -2.21. The number of carboxylic acids is 1. The summed E-state index contributed by atoms with van der Waals surface area (Å²) in [5, 5.41) is 13.8. The number of nitrogens with one attached hydrogen (secondary N) is 2. The molecule has 0 bridgehead atoms. The van der Waals surface area contributed by atoms with Gasteiger partial charge in [-0.1, -0.05) is 0 Å². The number of amides is 2. The molecule has 0 saturated carbocycles. The molecule has 10 nitrogen and oxygen atoms in total. The second kappa shape index (κ2) is 12.4. The van der Waals surface area contributed by atoms with E-state index in [0.29, 0.717) is 18.6 Å². The van der Waals surface area contributed by atoms with Crippen molar-refractivity contribution in [1.82, 2.24) is 10.6 Å². The molecule has 0 aromatic heterocycles. The van der Waals surface area contributed by atoms with E-state index >= 15 is 0 Å². The Morgan fingerprint density at radius 1 is 1.16 bits per heavy atom. The Bertz CT molecular complexity index is 484. The summed E-state index contributed by atoms with van der Waals surface area (Å²) < 4.78 is 0. The summed E-state index contributed by atoms with van der Waals surface area (Å²) in [6.45, 7) is 1.62. The number of nitrogens with two attached hydrogens (primary N) is 3. The molecule has 0 aliphatic heterocycles. The van der Waals surface area contributed by atoms with E-state index < -0.39 is 35.9 Å². The number of thioether (sulfide) groups is 1. The average Bonchev–Trinajstić information content (AvgIpc) is 2.54. The first-order valence-corrected chi connectivity index (χ1v) is 9.21. The fraction of sp³-hybridized carbons (Fsp3) is 0.714. The molecule has 0 rings (SSSR count). The van der Waals surface area contributed by atoms with Gasteiger partial charge in [-0.05, 0) is 38.2 Å². The first kappa shape index (κ1) is 23.0. The predicted octanol–water partition coefficient (Wildman–Crippen LogP) is -1.81. The molecule has 0 fully saturated rings. The number of aliphatic imine (C=N–C) groups is 1. The minimum Gasteiger partial charge on any atom is -0.480 e. The number of hydrogen-bond acceptors (Lipinski definition) is 6. The average molecular weight is 376 g/mol. The van der Waals surface area contributed by atoms with Crippen LogP contribution in [0.4, 0.5) is 0 Å². The van der Waals surface area contributed by atoms with Crippen molar-refractivity contribution >= 4 is 35.5 Å². The maximum atomic E-state index is 12.2. The van der Waals surface area contributed by atoms with Gasteiger partial charge in [0.15, 0.2) is 5.96 Å². The molecule has 0 saturated heterocycles. The van der Waals surface area contributed by atoms with Crippen LogP contribution in [0.15, 0.2) is 4.99 Å². The quantitative estimate of drug-likeness (QED) is 0.131. The first-order chi connectivity index (χ1) is 11.7. The number of carboxylic acid groups (broad SMARTS) is 1. The number of hydrogen-bond donors (Lipinski definition) is 6. The van der Waals surface area contributed by atoms with Crippen LogP contribution < -0.4 is 27.8 Å². The normalized spacial score (nSPS) is 14.0. The van der Waals surface area contributed by atoms with Crippen LogP contribution in [0.5, 0.6) is 0 Å². The number of guanidine groups is 1. The highest BCUT2D eigenvalue weighted by atomic mass is 32.2. The van der Waals surface area contributed by atoms with Crippen LogP contribution in [-0.4, -0.2) is 65.5 Å². The van der Waals surface area contributed by atoms with Gasteiger partial charge >= 0.3 is 5.97 Å². The van der Waals surface area contributed by atoms with Gasteiger partial charge in [0.1, 0.15) is 12.1 Å². The maximum Gasteiger partial charge on any atom is 0.325 e. The Balaban J connectivity index is 4.80. The molecule has 0 heterocycles. The molecule has 11 heteroatoms. The number of nitrogens with zero attached hydrogens (tertiary/aromatic N) is 1. The van der Waals surface area contributed by atoms with Gasteiger partial charge in [0.25, 0.3) is 0 Å². The zero-order valence-electron chi connectivity index (χ0n) is 14.5. The lowest BCUT2D eigenvalue weighted by Crippen LogP contribution is -2.54. The van der Waals surface area contributed by atoms with Gasteiger partial charge in [-0.3, -0.25) is 19.4 Å². The van der Waals surface area contributed by atoms with Gasteiger partial charge in [0.2, 0.25) is 11.8 Å². The highest BCUT2D eigenvalue weighted by Gasteiger charge is 2.25. The number of rotatable bonds is 12. The van der Waals surface area contributed by atoms with E-state index in [1.165, 1.54) is 6.92 Å². The van der Waals surface area contributed by atoms with E-state index in [4.69, 9.17) is 22.3 Å². The summed E-state index contributed by atoms with van der Waals surface area (Å²) in [7, 11) is 0. The molecule has 0 spiro atoms. The van der Waals surface area contributed by atoms with Crippen LogP contribution in [0.25, 0.3) is 0 Å². The Morgan fingerprint density at radius 2 is 1.80 bits per heavy atom. The molecule has 2 amide bonds. The minimum absolute atomic E-state index is 0.0661. The zero-order valence-corrected chi connectivity index (χ0v) is 15.3. The highest BCUT2D eigenvalue weighted by molar-refractivity contribution is 7.98. The van der Waals surface area contributed by atoms with E-state index in [1.807, 2.05) is 6.26 Å². The number of carbonyl (C=O) groups is 3. The van der Waals surface area contributed by atoms with Crippen LogP contribution in [0.3, 0.4) is 0 Å². The monoisotopic (exact) mass is 376 g/mol. The van der Waals surface area contributed by atoms with Crippen molar-refractivity contribution < 1.29 is 19.5 Å². The molecule has 0 unspecified atom stereocenters. The summed E-state index contributed by atoms with van der Waals surface area (Å²) in [6, 6.07) is -2.73. The largest absolute Gasteiger partial charge is 0.480 e. The minimum atomic E-state index is -1.17. The van der Waals surface area contributed by atoms with Gasteiger partial charge in [-0.15, -0.1) is 0 Å². The van der Waals surface area contributed by atoms with Crippen molar-refractivity contribution in [2.75, 3.05) is 18.6 Å². The third-order valence-electron chi connectivity index (χ3n) is 3.28. The second-order valence-electron chi connectivity index (χ2n) is 5.47. The summed E-state index contributed by atoms with van der Waals surface area (Å²) in [6.07, 6.45) is 3.05. The molecule has 0 aromatic rings.